The molecule has 5 nitrogen and oxygen atoms in total. The minimum absolute atomic E-state index is 0.285. The van der Waals surface area contributed by atoms with E-state index in [1.165, 1.54) is 17.8 Å². The molecule has 3 N–H and O–H groups in total. The molecule has 0 radical (unpaired) electrons. The lowest BCUT2D eigenvalue weighted by Crippen LogP contribution is -2.32. The summed E-state index contributed by atoms with van der Waals surface area (Å²) in [5.74, 6) is -0.239. The van der Waals surface area contributed by atoms with Gasteiger partial charge in [0, 0.05) is 27.4 Å². The van der Waals surface area contributed by atoms with E-state index < -0.39 is 17.6 Å². The molecule has 0 bridgehead atoms. The summed E-state index contributed by atoms with van der Waals surface area (Å²) in [4.78, 5) is 22.1. The highest BCUT2D eigenvalue weighted by molar-refractivity contribution is 9.10. The van der Waals surface area contributed by atoms with E-state index in [9.17, 15) is 9.59 Å². The molecule has 2 aromatic rings. The van der Waals surface area contributed by atoms with Crippen molar-refractivity contribution >= 4 is 44.6 Å². The van der Waals surface area contributed by atoms with Crippen molar-refractivity contribution in [3.05, 3.63) is 44.7 Å². The van der Waals surface area contributed by atoms with Gasteiger partial charge in [0.2, 0.25) is 0 Å². The zero-order chi connectivity index (χ0) is 14.7. The molecule has 0 saturated heterocycles. The number of hydrogen-bond acceptors (Lipinski definition) is 5. The molecule has 0 unspecified atom stereocenters. The number of nitrogens with two attached hydrogens (primary N) is 1. The fourth-order valence-electron chi connectivity index (χ4n) is 1.69. The summed E-state index contributed by atoms with van der Waals surface area (Å²) in [6.07, 6.45) is 0. The van der Waals surface area contributed by atoms with E-state index in [0.29, 0.717) is 11.3 Å². The number of carboxylic acid groups (broad SMARTS) is 1. The van der Waals surface area contributed by atoms with Crippen molar-refractivity contribution < 1.29 is 14.3 Å². The number of halogens is 1. The predicted molar refractivity (Wildman–Crippen MR) is 82.0 cm³/mol. The van der Waals surface area contributed by atoms with Gasteiger partial charge in [-0.25, -0.2) is 4.79 Å². The molecular weight excluding hydrogens is 346 g/mol. The van der Waals surface area contributed by atoms with E-state index in [1.807, 2.05) is 12.1 Å². The summed E-state index contributed by atoms with van der Waals surface area (Å²) in [5, 5.41) is 9.55. The first-order valence-corrected chi connectivity index (χ1v) is 7.70. The van der Waals surface area contributed by atoms with Gasteiger partial charge in [-0.2, -0.15) is 11.8 Å². The number of fused-ring (bicyclic) bond motifs is 1. The van der Waals surface area contributed by atoms with Gasteiger partial charge in [0.25, 0.3) is 0 Å². The molecule has 0 fully saturated rings. The molecular formula is C13H12BrNO4S. The Hall–Kier alpha value is -1.31. The second kappa shape index (κ2) is 6.43. The molecule has 0 spiro atoms. The second-order valence-corrected chi connectivity index (χ2v) is 6.14. The number of rotatable bonds is 5. The molecule has 1 aromatic carbocycles. The SMILES string of the molecule is N[C@@H](CSCc1cc(=O)oc2cc(Br)ccc12)C(=O)O. The van der Waals surface area contributed by atoms with E-state index in [1.54, 1.807) is 6.07 Å². The number of thioether (sulfide) groups is 1. The fraction of sp³-hybridized carbons (Fsp3) is 0.231. The molecule has 106 valence electrons. The van der Waals surface area contributed by atoms with Crippen molar-refractivity contribution in [2.75, 3.05) is 5.75 Å². The van der Waals surface area contributed by atoms with Crippen molar-refractivity contribution in [2.45, 2.75) is 11.8 Å². The number of hydrogen-bond donors (Lipinski definition) is 2. The maximum atomic E-state index is 11.5. The molecule has 1 heterocycles. The summed E-state index contributed by atoms with van der Waals surface area (Å²) in [6, 6.07) is 5.97. The Kier molecular flexibility index (Phi) is 4.85. The Morgan fingerprint density at radius 1 is 1.45 bits per heavy atom. The van der Waals surface area contributed by atoms with Crippen molar-refractivity contribution in [1.29, 1.82) is 0 Å². The van der Waals surface area contributed by atoms with E-state index >= 15 is 0 Å². The van der Waals surface area contributed by atoms with Crippen molar-refractivity contribution in [1.82, 2.24) is 0 Å². The summed E-state index contributed by atoms with van der Waals surface area (Å²) < 4.78 is 5.96. The first-order valence-electron chi connectivity index (χ1n) is 5.76. The predicted octanol–water partition coefficient (Wildman–Crippen LogP) is 2.20. The molecule has 1 atom stereocenters. The molecule has 0 aliphatic carbocycles. The number of aliphatic carboxylic acids is 1. The normalized spacial score (nSPS) is 12.5. The molecule has 0 amide bonds. The Labute approximate surface area is 127 Å². The van der Waals surface area contributed by atoms with Crippen LogP contribution in [0.4, 0.5) is 0 Å². The topological polar surface area (TPSA) is 93.5 Å². The lowest BCUT2D eigenvalue weighted by molar-refractivity contribution is -0.137. The summed E-state index contributed by atoms with van der Waals surface area (Å²) in [5.41, 5.74) is 6.33. The minimum Gasteiger partial charge on any atom is -0.480 e. The largest absolute Gasteiger partial charge is 0.480 e. The van der Waals surface area contributed by atoms with Crippen LogP contribution in [0, 0.1) is 0 Å². The van der Waals surface area contributed by atoms with Gasteiger partial charge in [-0.15, -0.1) is 0 Å². The minimum atomic E-state index is -1.03. The monoisotopic (exact) mass is 357 g/mol. The van der Waals surface area contributed by atoms with Crippen molar-refractivity contribution in [2.24, 2.45) is 5.73 Å². The van der Waals surface area contributed by atoms with Crippen molar-refractivity contribution in [3.8, 4) is 0 Å². The first-order chi connectivity index (χ1) is 9.47. The van der Waals surface area contributed by atoms with Gasteiger partial charge in [0.15, 0.2) is 0 Å². The number of carbonyl (C=O) groups is 1. The number of benzene rings is 1. The van der Waals surface area contributed by atoms with Crippen LogP contribution >= 0.6 is 27.7 Å². The van der Waals surface area contributed by atoms with E-state index in [4.69, 9.17) is 15.3 Å². The first kappa shape index (κ1) is 15.1. The van der Waals surface area contributed by atoms with Crippen molar-refractivity contribution in [3.63, 3.8) is 0 Å². The highest BCUT2D eigenvalue weighted by Gasteiger charge is 2.12. The standard InChI is InChI=1S/C13H12BrNO4S/c14-8-1-2-9-7(3-12(16)19-11(9)4-8)5-20-6-10(15)13(17)18/h1-4,10H,5-6,15H2,(H,17,18)/t10-/m0/s1. The Morgan fingerprint density at radius 3 is 2.90 bits per heavy atom. The van der Waals surface area contributed by atoms with Gasteiger partial charge < -0.3 is 15.3 Å². The molecule has 0 aliphatic rings. The number of carboxylic acids is 1. The van der Waals surface area contributed by atoms with Crippen LogP contribution in [0.3, 0.4) is 0 Å². The zero-order valence-electron chi connectivity index (χ0n) is 10.3. The lowest BCUT2D eigenvalue weighted by Gasteiger charge is -2.08. The van der Waals surface area contributed by atoms with E-state index in [2.05, 4.69) is 15.9 Å². The summed E-state index contributed by atoms with van der Waals surface area (Å²) in [6.45, 7) is 0. The third kappa shape index (κ3) is 3.62. The van der Waals surface area contributed by atoms with Crippen LogP contribution in [0.2, 0.25) is 0 Å². The molecule has 20 heavy (non-hydrogen) atoms. The third-order valence-electron chi connectivity index (χ3n) is 2.66. The highest BCUT2D eigenvalue weighted by Crippen LogP contribution is 2.24. The average molecular weight is 358 g/mol. The Balaban J connectivity index is 2.21. The van der Waals surface area contributed by atoms with Gasteiger partial charge in [0.1, 0.15) is 11.6 Å². The Bertz CT molecular complexity index is 700. The maximum absolute atomic E-state index is 11.5. The average Bonchev–Trinajstić information content (AvgIpc) is 2.37. The smallest absolute Gasteiger partial charge is 0.336 e. The maximum Gasteiger partial charge on any atom is 0.336 e. The Morgan fingerprint density at radius 2 is 2.20 bits per heavy atom. The van der Waals surface area contributed by atoms with Crippen LogP contribution < -0.4 is 11.4 Å². The molecule has 2 rings (SSSR count). The van der Waals surface area contributed by atoms with Crippen LogP contribution in [0.25, 0.3) is 11.0 Å². The van der Waals surface area contributed by atoms with E-state index in [-0.39, 0.29) is 5.75 Å². The molecule has 0 saturated carbocycles. The lowest BCUT2D eigenvalue weighted by atomic mass is 10.1. The van der Waals surface area contributed by atoms with Crippen LogP contribution in [0.15, 0.2) is 37.9 Å². The zero-order valence-corrected chi connectivity index (χ0v) is 12.7. The van der Waals surface area contributed by atoms with Gasteiger partial charge in [0.05, 0.1) is 0 Å². The van der Waals surface area contributed by atoms with Gasteiger partial charge >= 0.3 is 11.6 Å². The summed E-state index contributed by atoms with van der Waals surface area (Å²) >= 11 is 4.69. The summed E-state index contributed by atoms with van der Waals surface area (Å²) in [7, 11) is 0. The van der Waals surface area contributed by atoms with Gasteiger partial charge in [-0.1, -0.05) is 15.9 Å². The second-order valence-electron chi connectivity index (χ2n) is 4.19. The van der Waals surface area contributed by atoms with Crippen LogP contribution in [0.5, 0.6) is 0 Å². The van der Waals surface area contributed by atoms with E-state index in [0.717, 1.165) is 15.4 Å². The molecule has 1 aromatic heterocycles. The molecule has 0 aliphatic heterocycles. The third-order valence-corrected chi connectivity index (χ3v) is 4.27. The fourth-order valence-corrected chi connectivity index (χ4v) is 3.00. The van der Waals surface area contributed by atoms with Gasteiger partial charge in [-0.3, -0.25) is 4.79 Å². The van der Waals surface area contributed by atoms with Crippen LogP contribution in [0.1, 0.15) is 5.56 Å². The molecule has 7 heteroatoms. The quantitative estimate of drug-likeness (QED) is 0.796. The van der Waals surface area contributed by atoms with Crippen LogP contribution in [-0.2, 0) is 10.5 Å². The highest BCUT2D eigenvalue weighted by atomic mass is 79.9. The van der Waals surface area contributed by atoms with Gasteiger partial charge in [-0.05, 0) is 23.8 Å². The van der Waals surface area contributed by atoms with Crippen LogP contribution in [-0.4, -0.2) is 22.9 Å².